The van der Waals surface area contributed by atoms with Gasteiger partial charge in [0.1, 0.15) is 11.3 Å². The Bertz CT molecular complexity index is 1840. The Morgan fingerprint density at radius 1 is 0.674 bits per heavy atom. The van der Waals surface area contributed by atoms with Crippen molar-refractivity contribution in [3.8, 4) is 34.4 Å². The summed E-state index contributed by atoms with van der Waals surface area (Å²) in [6.45, 7) is 0. The molecule has 6 heterocycles. The lowest BCUT2D eigenvalue weighted by Crippen LogP contribution is -2.17. The van der Waals surface area contributed by atoms with E-state index < -0.39 is 0 Å². The maximum absolute atomic E-state index is 9.19. The molecule has 2 atom stereocenters. The molecule has 8 rings (SSSR count). The maximum Gasteiger partial charge on any atom is 0.137 e. The summed E-state index contributed by atoms with van der Waals surface area (Å²) in [5.74, 6) is 1.15. The SMILES string of the molecule is N#CC[C@@H](C1CCCC1)n1cc(-c2ccnc3[nH]ccc23)cn1.N#CC[C@H](C1CCCC1)n1cc(-c2ccnc3[nH]ccc23)cn1. The van der Waals surface area contributed by atoms with E-state index in [1.807, 2.05) is 70.8 Å². The van der Waals surface area contributed by atoms with Crippen LogP contribution >= 0.6 is 0 Å². The lowest BCUT2D eigenvalue weighted by molar-refractivity contribution is 0.315. The quantitative estimate of drug-likeness (QED) is 0.178. The summed E-state index contributed by atoms with van der Waals surface area (Å²) in [6.07, 6.45) is 26.4. The summed E-state index contributed by atoms with van der Waals surface area (Å²) in [5, 5.41) is 29.8. The van der Waals surface area contributed by atoms with E-state index in [2.05, 4.69) is 54.7 Å². The van der Waals surface area contributed by atoms with Gasteiger partial charge >= 0.3 is 0 Å². The number of nitrogens with zero attached hydrogens (tertiary/aromatic N) is 8. The normalized spacial score (nSPS) is 16.7. The van der Waals surface area contributed by atoms with Gasteiger partial charge in [-0.05, 0) is 72.9 Å². The minimum atomic E-state index is 0.194. The minimum absolute atomic E-state index is 0.194. The highest BCUT2D eigenvalue weighted by molar-refractivity contribution is 5.93. The van der Waals surface area contributed by atoms with Crippen LogP contribution in [0.3, 0.4) is 0 Å². The summed E-state index contributed by atoms with van der Waals surface area (Å²) < 4.78 is 4.01. The van der Waals surface area contributed by atoms with Gasteiger partial charge in [-0.1, -0.05) is 25.7 Å². The van der Waals surface area contributed by atoms with Crippen LogP contribution in [0.2, 0.25) is 0 Å². The molecule has 10 nitrogen and oxygen atoms in total. The molecule has 6 aromatic heterocycles. The molecule has 46 heavy (non-hydrogen) atoms. The second-order valence-electron chi connectivity index (χ2n) is 12.6. The number of nitrogens with one attached hydrogen (secondary N) is 2. The zero-order chi connectivity index (χ0) is 31.3. The molecule has 0 saturated heterocycles. The number of pyridine rings is 2. The first-order valence-corrected chi connectivity index (χ1v) is 16.4. The molecule has 2 N–H and O–H groups in total. The number of hydrogen-bond acceptors (Lipinski definition) is 6. The van der Waals surface area contributed by atoms with Gasteiger partial charge in [-0.2, -0.15) is 20.7 Å². The topological polar surface area (TPSA) is 141 Å². The number of H-pyrrole nitrogens is 2. The van der Waals surface area contributed by atoms with Crippen LogP contribution in [0.5, 0.6) is 0 Å². The molecular weight excluding hydrogens is 572 g/mol. The molecule has 10 heteroatoms. The van der Waals surface area contributed by atoms with Gasteiger partial charge in [-0.25, -0.2) is 9.97 Å². The van der Waals surface area contributed by atoms with Crippen LogP contribution in [0.25, 0.3) is 44.3 Å². The van der Waals surface area contributed by atoms with Crippen molar-refractivity contribution in [1.29, 1.82) is 10.5 Å². The molecule has 232 valence electrons. The molecule has 0 spiro atoms. The molecule has 2 fully saturated rings. The molecule has 6 aromatic rings. The summed E-state index contributed by atoms with van der Waals surface area (Å²) >= 11 is 0. The van der Waals surface area contributed by atoms with E-state index in [0.29, 0.717) is 24.7 Å². The molecule has 0 aliphatic heterocycles. The zero-order valence-corrected chi connectivity index (χ0v) is 25.9. The minimum Gasteiger partial charge on any atom is -0.346 e. The molecule has 0 bridgehead atoms. The second-order valence-corrected chi connectivity index (χ2v) is 12.6. The predicted molar refractivity (Wildman–Crippen MR) is 177 cm³/mol. The van der Waals surface area contributed by atoms with Crippen LogP contribution in [0.15, 0.2) is 73.8 Å². The van der Waals surface area contributed by atoms with Crippen LogP contribution < -0.4 is 0 Å². The highest BCUT2D eigenvalue weighted by Crippen LogP contribution is 2.38. The van der Waals surface area contributed by atoms with E-state index in [1.165, 1.54) is 51.4 Å². The Kier molecular flexibility index (Phi) is 8.60. The first-order valence-electron chi connectivity index (χ1n) is 16.4. The molecule has 0 aromatic carbocycles. The van der Waals surface area contributed by atoms with E-state index in [-0.39, 0.29) is 12.1 Å². The Hall–Kier alpha value is -5.22. The number of nitriles is 2. The van der Waals surface area contributed by atoms with Crippen molar-refractivity contribution in [2.75, 3.05) is 0 Å². The molecular formula is C36H38N10. The van der Waals surface area contributed by atoms with Gasteiger partial charge in [0.15, 0.2) is 0 Å². The molecule has 0 radical (unpaired) electrons. The monoisotopic (exact) mass is 610 g/mol. The first-order chi connectivity index (χ1) is 22.7. The fourth-order valence-electron chi connectivity index (χ4n) is 7.57. The van der Waals surface area contributed by atoms with Crippen molar-refractivity contribution in [3.63, 3.8) is 0 Å². The number of hydrogen-bond donors (Lipinski definition) is 2. The maximum atomic E-state index is 9.19. The summed E-state index contributed by atoms with van der Waals surface area (Å²) in [4.78, 5) is 15.0. The molecule has 2 aliphatic carbocycles. The van der Waals surface area contributed by atoms with Gasteiger partial charge in [-0.15, -0.1) is 0 Å². The van der Waals surface area contributed by atoms with Crippen LogP contribution in [-0.4, -0.2) is 39.5 Å². The Morgan fingerprint density at radius 2 is 1.11 bits per heavy atom. The summed E-state index contributed by atoms with van der Waals surface area (Å²) in [5.41, 5.74) is 6.20. The van der Waals surface area contributed by atoms with Crippen LogP contribution in [0, 0.1) is 34.5 Å². The number of aromatic amines is 2. The fraction of sp³-hybridized carbons (Fsp3) is 0.389. The van der Waals surface area contributed by atoms with E-state index >= 15 is 0 Å². The van der Waals surface area contributed by atoms with Gasteiger partial charge in [0.25, 0.3) is 0 Å². The van der Waals surface area contributed by atoms with Crippen LogP contribution in [0.4, 0.5) is 0 Å². The van der Waals surface area contributed by atoms with Crippen molar-refractivity contribution in [3.05, 3.63) is 73.8 Å². The van der Waals surface area contributed by atoms with Crippen molar-refractivity contribution in [1.82, 2.24) is 39.5 Å². The third-order valence-electron chi connectivity index (χ3n) is 9.91. The largest absolute Gasteiger partial charge is 0.346 e. The number of rotatable bonds is 8. The Morgan fingerprint density at radius 3 is 1.52 bits per heavy atom. The van der Waals surface area contributed by atoms with Crippen molar-refractivity contribution >= 4 is 22.1 Å². The summed E-state index contributed by atoms with van der Waals surface area (Å²) in [7, 11) is 0. The Balaban J connectivity index is 0.000000147. The molecule has 2 saturated carbocycles. The lowest BCUT2D eigenvalue weighted by atomic mass is 9.96. The predicted octanol–water partition coefficient (Wildman–Crippen LogP) is 8.14. The third kappa shape index (κ3) is 5.91. The van der Waals surface area contributed by atoms with Gasteiger partial charge in [-0.3, -0.25) is 9.36 Å². The smallest absolute Gasteiger partial charge is 0.137 e. The van der Waals surface area contributed by atoms with E-state index in [4.69, 9.17) is 0 Å². The Labute approximate surface area is 268 Å². The molecule has 2 aliphatic rings. The standard InChI is InChI=1S/2C18H19N5/c2*19-8-5-17(13-3-1-2-4-13)23-12-14(11-22-23)15-6-9-20-18-16(15)7-10-21-18/h2*6-7,9-13,17H,1-5H2,(H,20,21)/t2*17-/m10/s1. The second kappa shape index (κ2) is 13.4. The number of aromatic nitrogens is 8. The van der Waals surface area contributed by atoms with Crippen LogP contribution in [-0.2, 0) is 0 Å². The van der Waals surface area contributed by atoms with Crippen molar-refractivity contribution < 1.29 is 0 Å². The van der Waals surface area contributed by atoms with E-state index in [1.54, 1.807) is 0 Å². The van der Waals surface area contributed by atoms with E-state index in [0.717, 1.165) is 44.3 Å². The zero-order valence-electron chi connectivity index (χ0n) is 25.9. The van der Waals surface area contributed by atoms with Gasteiger partial charge in [0.2, 0.25) is 0 Å². The first kappa shape index (κ1) is 29.5. The van der Waals surface area contributed by atoms with E-state index in [9.17, 15) is 10.5 Å². The van der Waals surface area contributed by atoms with Crippen LogP contribution in [0.1, 0.15) is 76.3 Å². The average Bonchev–Trinajstić information content (AvgIpc) is 3.94. The van der Waals surface area contributed by atoms with Gasteiger partial charge in [0.05, 0.1) is 49.5 Å². The average molecular weight is 611 g/mol. The lowest BCUT2D eigenvalue weighted by Gasteiger charge is -2.21. The number of fused-ring (bicyclic) bond motifs is 2. The fourth-order valence-corrected chi connectivity index (χ4v) is 7.57. The van der Waals surface area contributed by atoms with Gasteiger partial charge < -0.3 is 9.97 Å². The molecule has 0 unspecified atom stereocenters. The summed E-state index contributed by atoms with van der Waals surface area (Å²) in [6, 6.07) is 13.2. The van der Waals surface area contributed by atoms with Gasteiger partial charge in [0, 0.05) is 59.1 Å². The highest BCUT2D eigenvalue weighted by Gasteiger charge is 2.28. The molecule has 0 amide bonds. The van der Waals surface area contributed by atoms with Crippen molar-refractivity contribution in [2.45, 2.75) is 76.3 Å². The van der Waals surface area contributed by atoms with Crippen molar-refractivity contribution in [2.24, 2.45) is 11.8 Å². The highest BCUT2D eigenvalue weighted by atomic mass is 15.3. The third-order valence-corrected chi connectivity index (χ3v) is 9.91.